The quantitative estimate of drug-likeness (QED) is 0.589. The molecule has 0 atom stereocenters. The van der Waals surface area contributed by atoms with Crippen molar-refractivity contribution < 1.29 is 9.53 Å². The smallest absolute Gasteiger partial charge is 0.265 e. The topological polar surface area (TPSA) is 66.2 Å². The van der Waals surface area contributed by atoms with Gasteiger partial charge in [-0.25, -0.2) is 4.98 Å². The normalized spacial score (nSPS) is 14.3. The molecule has 2 heterocycles. The Labute approximate surface area is 80.5 Å². The summed E-state index contributed by atoms with van der Waals surface area (Å²) in [6.45, 7) is -0.0378. The number of rotatable bonds is 0. The molecular weight excluding hydrogens is 182 g/mol. The number of likely N-dealkylation sites (N-methyl/N-ethyl adjacent to an activating group) is 1. The van der Waals surface area contributed by atoms with Gasteiger partial charge >= 0.3 is 0 Å². The molecule has 14 heavy (non-hydrogen) atoms. The number of amides is 1. The summed E-state index contributed by atoms with van der Waals surface area (Å²) in [6, 6.07) is 3.55. The molecule has 2 rings (SSSR count). The van der Waals surface area contributed by atoms with E-state index in [-0.39, 0.29) is 12.5 Å². The summed E-state index contributed by atoms with van der Waals surface area (Å²) < 4.78 is 5.15. The largest absolute Gasteiger partial charge is 0.478 e. The Kier molecular flexibility index (Phi) is 1.82. The lowest BCUT2D eigenvalue weighted by molar-refractivity contribution is -0.121. The standard InChI is InChI=1S/C9H7N3O2/c1-12-7(13)5-14-8-6(4-10)2-3-11-9(8)12/h2-3H,5H2,1H3. The van der Waals surface area contributed by atoms with Crippen molar-refractivity contribution in [2.45, 2.75) is 0 Å². The highest BCUT2D eigenvalue weighted by molar-refractivity contribution is 5.96. The van der Waals surface area contributed by atoms with Crippen LogP contribution < -0.4 is 9.64 Å². The highest BCUT2D eigenvalue weighted by Gasteiger charge is 2.25. The fourth-order valence-electron chi connectivity index (χ4n) is 1.26. The van der Waals surface area contributed by atoms with Gasteiger partial charge in [0.15, 0.2) is 18.2 Å². The maximum absolute atomic E-state index is 11.2. The first kappa shape index (κ1) is 8.51. The van der Waals surface area contributed by atoms with E-state index in [2.05, 4.69) is 4.98 Å². The van der Waals surface area contributed by atoms with Crippen molar-refractivity contribution in [3.8, 4) is 11.8 Å². The molecule has 0 radical (unpaired) electrons. The van der Waals surface area contributed by atoms with E-state index in [4.69, 9.17) is 10.00 Å². The molecule has 1 aliphatic heterocycles. The number of pyridine rings is 1. The summed E-state index contributed by atoms with van der Waals surface area (Å²) in [4.78, 5) is 16.6. The second kappa shape index (κ2) is 3.00. The molecule has 70 valence electrons. The van der Waals surface area contributed by atoms with Gasteiger partial charge in [0.1, 0.15) is 6.07 Å². The molecule has 0 aliphatic carbocycles. The number of fused-ring (bicyclic) bond motifs is 1. The van der Waals surface area contributed by atoms with Gasteiger partial charge in [-0.15, -0.1) is 0 Å². The Balaban J connectivity index is 2.59. The summed E-state index contributed by atoms with van der Waals surface area (Å²) in [6.07, 6.45) is 1.48. The zero-order valence-corrected chi connectivity index (χ0v) is 7.52. The number of nitrogens with zero attached hydrogens (tertiary/aromatic N) is 3. The highest BCUT2D eigenvalue weighted by Crippen LogP contribution is 2.31. The van der Waals surface area contributed by atoms with Crippen LogP contribution in [0.2, 0.25) is 0 Å². The molecule has 0 bridgehead atoms. The lowest BCUT2D eigenvalue weighted by atomic mass is 10.2. The lowest BCUT2D eigenvalue weighted by Gasteiger charge is -2.24. The van der Waals surface area contributed by atoms with Gasteiger partial charge in [0.05, 0.1) is 5.56 Å². The van der Waals surface area contributed by atoms with Crippen LogP contribution in [0.4, 0.5) is 5.82 Å². The molecule has 5 nitrogen and oxygen atoms in total. The van der Waals surface area contributed by atoms with Crippen molar-refractivity contribution in [3.63, 3.8) is 0 Å². The average molecular weight is 189 g/mol. The van der Waals surface area contributed by atoms with E-state index in [1.807, 2.05) is 6.07 Å². The maximum atomic E-state index is 11.2. The first-order valence-corrected chi connectivity index (χ1v) is 4.02. The van der Waals surface area contributed by atoms with Crippen molar-refractivity contribution in [2.24, 2.45) is 0 Å². The van der Waals surface area contributed by atoms with Gasteiger partial charge in [0, 0.05) is 13.2 Å². The Morgan fingerprint density at radius 2 is 2.50 bits per heavy atom. The summed E-state index contributed by atoms with van der Waals surface area (Å²) in [5, 5.41) is 8.78. The summed E-state index contributed by atoms with van der Waals surface area (Å²) in [5.74, 6) is 0.623. The van der Waals surface area contributed by atoms with Crippen LogP contribution in [0.5, 0.6) is 5.75 Å². The Morgan fingerprint density at radius 3 is 3.21 bits per heavy atom. The van der Waals surface area contributed by atoms with Crippen molar-refractivity contribution >= 4 is 11.7 Å². The third kappa shape index (κ3) is 1.09. The van der Waals surface area contributed by atoms with Gasteiger partial charge < -0.3 is 4.74 Å². The number of ether oxygens (including phenoxy) is 1. The Hall–Kier alpha value is -2.09. The zero-order chi connectivity index (χ0) is 10.1. The van der Waals surface area contributed by atoms with E-state index in [0.717, 1.165) is 0 Å². The predicted molar refractivity (Wildman–Crippen MR) is 47.9 cm³/mol. The zero-order valence-electron chi connectivity index (χ0n) is 7.52. The van der Waals surface area contributed by atoms with Gasteiger partial charge in [-0.3, -0.25) is 9.69 Å². The summed E-state index contributed by atoms with van der Waals surface area (Å²) in [7, 11) is 1.61. The minimum atomic E-state index is -0.167. The van der Waals surface area contributed by atoms with Gasteiger partial charge in [-0.2, -0.15) is 5.26 Å². The van der Waals surface area contributed by atoms with Crippen LogP contribution >= 0.6 is 0 Å². The molecule has 0 spiro atoms. The molecule has 0 saturated heterocycles. The lowest BCUT2D eigenvalue weighted by Crippen LogP contribution is -2.36. The number of hydrogen-bond acceptors (Lipinski definition) is 4. The van der Waals surface area contributed by atoms with Crippen molar-refractivity contribution in [2.75, 3.05) is 18.6 Å². The van der Waals surface area contributed by atoms with Crippen LogP contribution in [0.25, 0.3) is 0 Å². The second-order valence-electron chi connectivity index (χ2n) is 2.86. The first-order chi connectivity index (χ1) is 6.74. The van der Waals surface area contributed by atoms with Crippen LogP contribution in [0.15, 0.2) is 12.3 Å². The molecule has 1 aromatic heterocycles. The third-order valence-electron chi connectivity index (χ3n) is 2.04. The molecule has 1 aliphatic rings. The van der Waals surface area contributed by atoms with E-state index in [1.54, 1.807) is 13.1 Å². The molecule has 0 saturated carbocycles. The van der Waals surface area contributed by atoms with Crippen LogP contribution in [0.1, 0.15) is 5.56 Å². The fraction of sp³-hybridized carbons (Fsp3) is 0.222. The summed E-state index contributed by atoms with van der Waals surface area (Å²) in [5.41, 5.74) is 0.398. The minimum absolute atomic E-state index is 0.0378. The van der Waals surface area contributed by atoms with Gasteiger partial charge in [0.2, 0.25) is 0 Å². The number of anilines is 1. The second-order valence-corrected chi connectivity index (χ2v) is 2.86. The van der Waals surface area contributed by atoms with Crippen molar-refractivity contribution in [1.82, 2.24) is 4.98 Å². The van der Waals surface area contributed by atoms with Crippen LogP contribution in [-0.4, -0.2) is 24.5 Å². The van der Waals surface area contributed by atoms with Gasteiger partial charge in [-0.1, -0.05) is 0 Å². The fourth-order valence-corrected chi connectivity index (χ4v) is 1.26. The number of carbonyl (C=O) groups excluding carboxylic acids is 1. The third-order valence-corrected chi connectivity index (χ3v) is 2.04. The Morgan fingerprint density at radius 1 is 1.71 bits per heavy atom. The molecule has 1 amide bonds. The first-order valence-electron chi connectivity index (χ1n) is 4.02. The molecule has 0 unspecified atom stereocenters. The van der Waals surface area contributed by atoms with Crippen LogP contribution in [-0.2, 0) is 4.79 Å². The van der Waals surface area contributed by atoms with E-state index in [0.29, 0.717) is 17.1 Å². The maximum Gasteiger partial charge on any atom is 0.265 e. The monoisotopic (exact) mass is 189 g/mol. The Bertz CT molecular complexity index is 436. The van der Waals surface area contributed by atoms with Crippen LogP contribution in [0, 0.1) is 11.3 Å². The average Bonchev–Trinajstić information content (AvgIpc) is 2.23. The molecule has 1 aromatic rings. The molecular formula is C9H7N3O2. The van der Waals surface area contributed by atoms with Crippen molar-refractivity contribution in [1.29, 1.82) is 5.26 Å². The number of carbonyl (C=O) groups is 1. The van der Waals surface area contributed by atoms with E-state index in [9.17, 15) is 4.79 Å². The molecule has 0 fully saturated rings. The van der Waals surface area contributed by atoms with Crippen molar-refractivity contribution in [3.05, 3.63) is 17.8 Å². The number of hydrogen-bond donors (Lipinski definition) is 0. The van der Waals surface area contributed by atoms with Gasteiger partial charge in [-0.05, 0) is 6.07 Å². The van der Waals surface area contributed by atoms with Crippen LogP contribution in [0.3, 0.4) is 0 Å². The van der Waals surface area contributed by atoms with E-state index >= 15 is 0 Å². The molecule has 0 N–H and O–H groups in total. The van der Waals surface area contributed by atoms with E-state index < -0.39 is 0 Å². The summed E-state index contributed by atoms with van der Waals surface area (Å²) >= 11 is 0. The number of aromatic nitrogens is 1. The highest BCUT2D eigenvalue weighted by atomic mass is 16.5. The number of nitriles is 1. The predicted octanol–water partition coefficient (Wildman–Crippen LogP) is 0.308. The van der Waals surface area contributed by atoms with E-state index in [1.165, 1.54) is 11.1 Å². The molecule has 0 aromatic carbocycles. The molecule has 5 heteroatoms. The minimum Gasteiger partial charge on any atom is -0.478 e. The SMILES string of the molecule is CN1C(=O)COc2c(C#N)ccnc21. The van der Waals surface area contributed by atoms with Gasteiger partial charge in [0.25, 0.3) is 5.91 Å².